The normalized spacial score (nSPS) is 14.5. The van der Waals surface area contributed by atoms with Gasteiger partial charge in [0.05, 0.1) is 6.54 Å². The molecule has 110 valence electrons. The molecule has 0 fully saturated rings. The summed E-state index contributed by atoms with van der Waals surface area (Å²) in [6.07, 6.45) is 0. The minimum atomic E-state index is -1.21. The maximum absolute atomic E-state index is 12.9. The van der Waals surface area contributed by atoms with Gasteiger partial charge in [0.25, 0.3) is 0 Å². The molecule has 4 N–H and O–H groups in total. The van der Waals surface area contributed by atoms with E-state index in [4.69, 9.17) is 5.73 Å². The Kier molecular flexibility index (Phi) is 4.55. The highest BCUT2D eigenvalue weighted by Crippen LogP contribution is 2.21. The number of nitrogens with two attached hydrogens (primary N) is 1. The first-order chi connectivity index (χ1) is 9.97. The van der Waals surface area contributed by atoms with E-state index in [0.29, 0.717) is 5.56 Å². The van der Waals surface area contributed by atoms with Gasteiger partial charge in [0, 0.05) is 5.69 Å². The molecule has 0 aliphatic carbocycles. The van der Waals surface area contributed by atoms with Gasteiger partial charge in [0.2, 0.25) is 0 Å². The Morgan fingerprint density at radius 2 is 1.81 bits per heavy atom. The van der Waals surface area contributed by atoms with Gasteiger partial charge in [-0.1, -0.05) is 30.3 Å². The van der Waals surface area contributed by atoms with E-state index < -0.39 is 5.60 Å². The number of nitrogens with zero attached hydrogens (tertiary/aromatic N) is 1. The van der Waals surface area contributed by atoms with Crippen LogP contribution < -0.4 is 11.1 Å². The summed E-state index contributed by atoms with van der Waals surface area (Å²) in [5, 5.41) is 13.3. The Labute approximate surface area is 123 Å². The summed E-state index contributed by atoms with van der Waals surface area (Å²) in [4.78, 5) is 4.13. The van der Waals surface area contributed by atoms with Crippen molar-refractivity contribution >= 4 is 11.6 Å². The van der Waals surface area contributed by atoms with Crippen molar-refractivity contribution in [2.75, 3.05) is 11.9 Å². The lowest BCUT2D eigenvalue weighted by Gasteiger charge is -2.22. The first kappa shape index (κ1) is 15.0. The molecule has 1 atom stereocenters. The minimum absolute atomic E-state index is 0.0737. The van der Waals surface area contributed by atoms with Crippen LogP contribution in [0.2, 0.25) is 0 Å². The van der Waals surface area contributed by atoms with Gasteiger partial charge < -0.3 is 16.2 Å². The van der Waals surface area contributed by atoms with Crippen LogP contribution in [0.3, 0.4) is 0 Å². The number of para-hydroxylation sites is 1. The van der Waals surface area contributed by atoms with E-state index in [-0.39, 0.29) is 18.3 Å². The first-order valence-corrected chi connectivity index (χ1v) is 6.58. The summed E-state index contributed by atoms with van der Waals surface area (Å²) < 4.78 is 12.9. The molecule has 0 aromatic heterocycles. The quantitative estimate of drug-likeness (QED) is 0.597. The lowest BCUT2D eigenvalue weighted by molar-refractivity contribution is 0.0673. The second-order valence-electron chi connectivity index (χ2n) is 4.97. The standard InChI is InChI=1S/C16H18FN3O/c1-16(21,12-7-9-13(17)10-8-12)11-19-15(18)20-14-5-3-2-4-6-14/h2-10,21H,11H2,1H3,(H3,18,19,20). The van der Waals surface area contributed by atoms with E-state index in [2.05, 4.69) is 10.3 Å². The summed E-state index contributed by atoms with van der Waals surface area (Å²) in [7, 11) is 0. The van der Waals surface area contributed by atoms with Gasteiger partial charge in [-0.15, -0.1) is 0 Å². The topological polar surface area (TPSA) is 70.6 Å². The SMILES string of the molecule is CC(O)(CN=C(N)Nc1ccccc1)c1ccc(F)cc1. The third-order valence-electron chi connectivity index (χ3n) is 3.07. The molecule has 0 saturated carbocycles. The molecule has 4 nitrogen and oxygen atoms in total. The molecular formula is C16H18FN3O. The molecule has 5 heteroatoms. The second-order valence-corrected chi connectivity index (χ2v) is 4.97. The third-order valence-corrected chi connectivity index (χ3v) is 3.07. The Balaban J connectivity index is 2.02. The van der Waals surface area contributed by atoms with E-state index in [9.17, 15) is 9.50 Å². The highest BCUT2D eigenvalue weighted by atomic mass is 19.1. The van der Waals surface area contributed by atoms with Crippen molar-refractivity contribution in [2.45, 2.75) is 12.5 Å². The Morgan fingerprint density at radius 3 is 2.43 bits per heavy atom. The smallest absolute Gasteiger partial charge is 0.193 e. The zero-order valence-corrected chi connectivity index (χ0v) is 11.8. The molecule has 0 saturated heterocycles. The fraction of sp³-hybridized carbons (Fsp3) is 0.188. The van der Waals surface area contributed by atoms with Gasteiger partial charge >= 0.3 is 0 Å². The van der Waals surface area contributed by atoms with Crippen molar-refractivity contribution < 1.29 is 9.50 Å². The van der Waals surface area contributed by atoms with Gasteiger partial charge in [-0.2, -0.15) is 0 Å². The molecule has 0 bridgehead atoms. The zero-order chi connectivity index (χ0) is 15.3. The fourth-order valence-corrected chi connectivity index (χ4v) is 1.85. The molecule has 1 unspecified atom stereocenters. The summed E-state index contributed by atoms with van der Waals surface area (Å²) in [6, 6.07) is 15.1. The van der Waals surface area contributed by atoms with E-state index >= 15 is 0 Å². The summed E-state index contributed by atoms with van der Waals surface area (Å²) in [5.41, 5.74) is 5.97. The van der Waals surface area contributed by atoms with Crippen LogP contribution in [0.4, 0.5) is 10.1 Å². The molecule has 2 rings (SSSR count). The monoisotopic (exact) mass is 287 g/mol. The van der Waals surface area contributed by atoms with E-state index in [1.807, 2.05) is 30.3 Å². The van der Waals surface area contributed by atoms with Crippen LogP contribution in [0.5, 0.6) is 0 Å². The Bertz CT molecular complexity index is 609. The number of anilines is 1. The average molecular weight is 287 g/mol. The third kappa shape index (κ3) is 4.29. The molecule has 2 aromatic carbocycles. The van der Waals surface area contributed by atoms with Gasteiger partial charge in [-0.3, -0.25) is 0 Å². The maximum atomic E-state index is 12.9. The molecular weight excluding hydrogens is 269 g/mol. The number of guanidine groups is 1. The predicted molar refractivity (Wildman–Crippen MR) is 82.5 cm³/mol. The second kappa shape index (κ2) is 6.37. The summed E-state index contributed by atoms with van der Waals surface area (Å²) in [5.74, 6) is -0.133. The van der Waals surface area contributed by atoms with Crippen LogP contribution in [0, 0.1) is 5.82 Å². The van der Waals surface area contributed by atoms with E-state index in [0.717, 1.165) is 5.69 Å². The number of rotatable bonds is 4. The predicted octanol–water partition coefficient (Wildman–Crippen LogP) is 2.46. The Hall–Kier alpha value is -2.40. The van der Waals surface area contributed by atoms with Crippen molar-refractivity contribution in [1.29, 1.82) is 0 Å². The first-order valence-electron chi connectivity index (χ1n) is 6.58. The van der Waals surface area contributed by atoms with Gasteiger partial charge in [0.1, 0.15) is 11.4 Å². The number of aliphatic imine (C=N–C) groups is 1. The molecule has 0 spiro atoms. The summed E-state index contributed by atoms with van der Waals surface area (Å²) in [6.45, 7) is 1.68. The lowest BCUT2D eigenvalue weighted by atomic mass is 9.96. The Morgan fingerprint density at radius 1 is 1.19 bits per heavy atom. The minimum Gasteiger partial charge on any atom is -0.384 e. The number of halogens is 1. The highest BCUT2D eigenvalue weighted by molar-refractivity contribution is 5.92. The molecule has 2 aromatic rings. The summed E-state index contributed by atoms with van der Waals surface area (Å²) >= 11 is 0. The van der Waals surface area contributed by atoms with Crippen molar-refractivity contribution in [1.82, 2.24) is 0 Å². The number of hydrogen-bond donors (Lipinski definition) is 3. The average Bonchev–Trinajstić information content (AvgIpc) is 2.47. The number of benzene rings is 2. The number of hydrogen-bond acceptors (Lipinski definition) is 2. The van der Waals surface area contributed by atoms with Gasteiger partial charge in [-0.05, 0) is 36.8 Å². The van der Waals surface area contributed by atoms with Crippen molar-refractivity contribution in [3.05, 3.63) is 66.0 Å². The molecule has 21 heavy (non-hydrogen) atoms. The van der Waals surface area contributed by atoms with E-state index in [1.54, 1.807) is 6.92 Å². The number of aliphatic hydroxyl groups is 1. The maximum Gasteiger partial charge on any atom is 0.193 e. The van der Waals surface area contributed by atoms with Crippen LogP contribution in [-0.2, 0) is 5.60 Å². The molecule has 0 heterocycles. The van der Waals surface area contributed by atoms with Crippen molar-refractivity contribution in [3.8, 4) is 0 Å². The molecule has 0 aliphatic heterocycles. The molecule has 0 radical (unpaired) electrons. The number of nitrogens with one attached hydrogen (secondary N) is 1. The van der Waals surface area contributed by atoms with Crippen LogP contribution in [0.25, 0.3) is 0 Å². The fourth-order valence-electron chi connectivity index (χ4n) is 1.85. The van der Waals surface area contributed by atoms with Crippen LogP contribution in [0.1, 0.15) is 12.5 Å². The van der Waals surface area contributed by atoms with Crippen LogP contribution in [0.15, 0.2) is 59.6 Å². The largest absolute Gasteiger partial charge is 0.384 e. The van der Waals surface area contributed by atoms with Crippen LogP contribution in [-0.4, -0.2) is 17.6 Å². The molecule has 0 aliphatic rings. The molecule has 0 amide bonds. The van der Waals surface area contributed by atoms with Gasteiger partial charge in [0.15, 0.2) is 5.96 Å². The lowest BCUT2D eigenvalue weighted by Crippen LogP contribution is -2.29. The zero-order valence-electron chi connectivity index (χ0n) is 11.8. The highest BCUT2D eigenvalue weighted by Gasteiger charge is 2.22. The van der Waals surface area contributed by atoms with Crippen LogP contribution >= 0.6 is 0 Å². The van der Waals surface area contributed by atoms with Gasteiger partial charge in [-0.25, -0.2) is 9.38 Å². The van der Waals surface area contributed by atoms with Crippen molar-refractivity contribution in [3.63, 3.8) is 0 Å². The van der Waals surface area contributed by atoms with E-state index in [1.165, 1.54) is 24.3 Å². The van der Waals surface area contributed by atoms with Crippen molar-refractivity contribution in [2.24, 2.45) is 10.7 Å².